The molecule has 0 unspecified atom stereocenters. The molecule has 2 rings (SSSR count). The second-order valence-corrected chi connectivity index (χ2v) is 4.95. The van der Waals surface area contributed by atoms with Crippen LogP contribution in [0.25, 0.3) is 0 Å². The molecule has 1 saturated carbocycles. The van der Waals surface area contributed by atoms with Gasteiger partial charge in [-0.05, 0) is 31.9 Å². The Bertz CT molecular complexity index is 436. The van der Waals surface area contributed by atoms with E-state index in [0.29, 0.717) is 23.7 Å². The summed E-state index contributed by atoms with van der Waals surface area (Å²) >= 11 is 0. The summed E-state index contributed by atoms with van der Waals surface area (Å²) in [5.74, 6) is 0.980. The molecule has 0 radical (unpaired) electrons. The molecule has 4 nitrogen and oxygen atoms in total. The smallest absolute Gasteiger partial charge is 0.171 e. The van der Waals surface area contributed by atoms with Gasteiger partial charge < -0.3 is 14.6 Å². The van der Waals surface area contributed by atoms with Gasteiger partial charge in [-0.3, -0.25) is 4.79 Å². The first kappa shape index (κ1) is 13.9. The zero-order valence-electron chi connectivity index (χ0n) is 11.2. The summed E-state index contributed by atoms with van der Waals surface area (Å²) in [6.07, 6.45) is 4.29. The highest BCUT2D eigenvalue weighted by atomic mass is 16.5. The van der Waals surface area contributed by atoms with Crippen LogP contribution < -0.4 is 9.47 Å². The maximum absolute atomic E-state index is 11.1. The lowest BCUT2D eigenvalue weighted by Crippen LogP contribution is -2.32. The Kier molecular flexibility index (Phi) is 4.43. The quantitative estimate of drug-likeness (QED) is 0.802. The molecular weight excluding hydrogens is 244 g/mol. The highest BCUT2D eigenvalue weighted by molar-refractivity contribution is 5.81. The van der Waals surface area contributed by atoms with Crippen LogP contribution in [0, 0.1) is 0 Å². The number of rotatable bonds is 6. The van der Waals surface area contributed by atoms with Gasteiger partial charge in [0.1, 0.15) is 6.61 Å². The van der Waals surface area contributed by atoms with E-state index in [-0.39, 0.29) is 6.61 Å². The third kappa shape index (κ3) is 3.26. The van der Waals surface area contributed by atoms with Crippen molar-refractivity contribution in [3.63, 3.8) is 0 Å². The molecule has 0 spiro atoms. The molecule has 104 valence electrons. The minimum absolute atomic E-state index is 0.206. The zero-order valence-corrected chi connectivity index (χ0v) is 11.2. The van der Waals surface area contributed by atoms with Crippen LogP contribution in [-0.2, 0) is 0 Å². The fourth-order valence-corrected chi connectivity index (χ4v) is 2.43. The van der Waals surface area contributed by atoms with E-state index in [0.717, 1.165) is 32.0 Å². The van der Waals surface area contributed by atoms with Crippen LogP contribution in [0.3, 0.4) is 0 Å². The third-order valence-corrected chi connectivity index (χ3v) is 3.46. The molecule has 0 aromatic heterocycles. The van der Waals surface area contributed by atoms with Crippen molar-refractivity contribution in [2.24, 2.45) is 0 Å². The number of para-hydroxylation sites is 1. The number of aliphatic hydroxyl groups is 1. The molecular formula is C15H20O4. The van der Waals surface area contributed by atoms with Crippen molar-refractivity contribution in [3.8, 4) is 11.5 Å². The van der Waals surface area contributed by atoms with E-state index in [1.807, 2.05) is 6.92 Å². The van der Waals surface area contributed by atoms with Crippen molar-refractivity contribution < 1.29 is 19.4 Å². The normalized spacial score (nSPS) is 17.2. The van der Waals surface area contributed by atoms with Crippen LogP contribution in [-0.4, -0.2) is 30.2 Å². The van der Waals surface area contributed by atoms with Crippen molar-refractivity contribution in [2.75, 3.05) is 13.2 Å². The number of hydrogen-bond acceptors (Lipinski definition) is 4. The Balaban J connectivity index is 2.15. The molecule has 0 aliphatic heterocycles. The van der Waals surface area contributed by atoms with Gasteiger partial charge in [0.15, 0.2) is 17.8 Å². The van der Waals surface area contributed by atoms with Gasteiger partial charge in [0.2, 0.25) is 0 Å². The molecule has 4 heteroatoms. The van der Waals surface area contributed by atoms with Gasteiger partial charge in [0.05, 0.1) is 17.8 Å². The molecule has 19 heavy (non-hydrogen) atoms. The van der Waals surface area contributed by atoms with E-state index in [2.05, 4.69) is 0 Å². The number of hydrogen-bond donors (Lipinski definition) is 1. The summed E-state index contributed by atoms with van der Waals surface area (Å²) in [4.78, 5) is 11.1. The monoisotopic (exact) mass is 264 g/mol. The third-order valence-electron chi connectivity index (χ3n) is 3.46. The molecule has 0 amide bonds. The van der Waals surface area contributed by atoms with E-state index in [9.17, 15) is 9.90 Å². The zero-order chi connectivity index (χ0) is 13.7. The highest BCUT2D eigenvalue weighted by Crippen LogP contribution is 2.34. The predicted octanol–water partition coefficient (Wildman–Crippen LogP) is 2.58. The first-order valence-electron chi connectivity index (χ1n) is 6.75. The minimum atomic E-state index is -0.764. The lowest BCUT2D eigenvalue weighted by atomic mass is 10.0. The number of carbonyl (C=O) groups is 1. The Hall–Kier alpha value is -1.55. The predicted molar refractivity (Wildman–Crippen MR) is 71.9 cm³/mol. The maximum Gasteiger partial charge on any atom is 0.171 e. The van der Waals surface area contributed by atoms with Crippen molar-refractivity contribution >= 4 is 6.29 Å². The average Bonchev–Trinajstić information content (AvgIpc) is 2.84. The van der Waals surface area contributed by atoms with Gasteiger partial charge in [-0.2, -0.15) is 0 Å². The van der Waals surface area contributed by atoms with Gasteiger partial charge in [0, 0.05) is 0 Å². The summed E-state index contributed by atoms with van der Waals surface area (Å²) in [6.45, 7) is 2.59. The van der Waals surface area contributed by atoms with Gasteiger partial charge >= 0.3 is 0 Å². The first-order chi connectivity index (χ1) is 9.18. The Morgan fingerprint density at radius 3 is 2.68 bits per heavy atom. The molecule has 1 aromatic carbocycles. The summed E-state index contributed by atoms with van der Waals surface area (Å²) < 4.78 is 11.2. The van der Waals surface area contributed by atoms with Gasteiger partial charge in [-0.1, -0.05) is 18.9 Å². The van der Waals surface area contributed by atoms with Crippen molar-refractivity contribution in [3.05, 3.63) is 23.8 Å². The van der Waals surface area contributed by atoms with Crippen LogP contribution in [0.1, 0.15) is 43.0 Å². The summed E-state index contributed by atoms with van der Waals surface area (Å²) in [5, 5.41) is 10.3. The van der Waals surface area contributed by atoms with Gasteiger partial charge in [-0.25, -0.2) is 0 Å². The van der Waals surface area contributed by atoms with E-state index in [1.165, 1.54) is 0 Å². The summed E-state index contributed by atoms with van der Waals surface area (Å²) in [5.41, 5.74) is -0.313. The Morgan fingerprint density at radius 2 is 2.05 bits per heavy atom. The molecule has 0 heterocycles. The molecule has 1 fully saturated rings. The van der Waals surface area contributed by atoms with Crippen LogP contribution in [0.4, 0.5) is 0 Å². The molecule has 0 saturated heterocycles. The highest BCUT2D eigenvalue weighted by Gasteiger charge is 2.32. The standard InChI is InChI=1S/C15H20O4/c1-2-18-13-7-5-6-12(10-16)14(13)19-11-15(17)8-3-4-9-15/h5-7,10,17H,2-4,8-9,11H2,1H3. The Labute approximate surface area is 113 Å². The number of carbonyl (C=O) groups excluding carboxylic acids is 1. The minimum Gasteiger partial charge on any atom is -0.490 e. The molecule has 1 aromatic rings. The average molecular weight is 264 g/mol. The van der Waals surface area contributed by atoms with Gasteiger partial charge in [-0.15, -0.1) is 0 Å². The summed E-state index contributed by atoms with van der Waals surface area (Å²) in [6, 6.07) is 5.21. The summed E-state index contributed by atoms with van der Waals surface area (Å²) in [7, 11) is 0. The molecule has 1 aliphatic carbocycles. The fraction of sp³-hybridized carbons (Fsp3) is 0.533. The lowest BCUT2D eigenvalue weighted by molar-refractivity contribution is 0.000415. The van der Waals surface area contributed by atoms with E-state index < -0.39 is 5.60 Å². The number of ether oxygens (including phenoxy) is 2. The van der Waals surface area contributed by atoms with Crippen molar-refractivity contribution in [2.45, 2.75) is 38.2 Å². The Morgan fingerprint density at radius 1 is 1.32 bits per heavy atom. The second-order valence-electron chi connectivity index (χ2n) is 4.95. The van der Waals surface area contributed by atoms with Gasteiger partial charge in [0.25, 0.3) is 0 Å². The lowest BCUT2D eigenvalue weighted by Gasteiger charge is -2.23. The van der Waals surface area contributed by atoms with Crippen molar-refractivity contribution in [1.82, 2.24) is 0 Å². The van der Waals surface area contributed by atoms with Crippen LogP contribution in [0.5, 0.6) is 11.5 Å². The first-order valence-corrected chi connectivity index (χ1v) is 6.75. The number of aldehydes is 1. The second kappa shape index (κ2) is 6.06. The van der Waals surface area contributed by atoms with E-state index in [1.54, 1.807) is 18.2 Å². The maximum atomic E-state index is 11.1. The van der Waals surface area contributed by atoms with E-state index in [4.69, 9.17) is 9.47 Å². The van der Waals surface area contributed by atoms with E-state index >= 15 is 0 Å². The fourth-order valence-electron chi connectivity index (χ4n) is 2.43. The topological polar surface area (TPSA) is 55.8 Å². The van der Waals surface area contributed by atoms with Crippen LogP contribution >= 0.6 is 0 Å². The molecule has 0 atom stereocenters. The largest absolute Gasteiger partial charge is 0.490 e. The molecule has 1 N–H and O–H groups in total. The van der Waals surface area contributed by atoms with Crippen molar-refractivity contribution in [1.29, 1.82) is 0 Å². The van der Waals surface area contributed by atoms with Crippen LogP contribution in [0.15, 0.2) is 18.2 Å². The SMILES string of the molecule is CCOc1cccc(C=O)c1OCC1(O)CCCC1. The number of benzene rings is 1. The molecule has 0 bridgehead atoms. The molecule has 1 aliphatic rings. The van der Waals surface area contributed by atoms with Crippen LogP contribution in [0.2, 0.25) is 0 Å².